The maximum atomic E-state index is 13.1. The van der Waals surface area contributed by atoms with E-state index in [0.29, 0.717) is 22.4 Å². The first-order valence-corrected chi connectivity index (χ1v) is 10.0. The molecular formula is C25H18N2O6. The summed E-state index contributed by atoms with van der Waals surface area (Å²) >= 11 is 0. The van der Waals surface area contributed by atoms with Crippen molar-refractivity contribution >= 4 is 34.6 Å². The van der Waals surface area contributed by atoms with Crippen LogP contribution in [0.15, 0.2) is 84.4 Å². The van der Waals surface area contributed by atoms with Crippen LogP contribution in [-0.4, -0.2) is 27.5 Å². The average Bonchev–Trinajstić information content (AvgIpc) is 3.09. The van der Waals surface area contributed by atoms with Crippen LogP contribution in [0, 0.1) is 10.1 Å². The molecule has 0 bridgehead atoms. The number of rotatable bonds is 5. The van der Waals surface area contributed by atoms with E-state index in [-0.39, 0.29) is 22.8 Å². The fourth-order valence-electron chi connectivity index (χ4n) is 3.80. The van der Waals surface area contributed by atoms with Gasteiger partial charge >= 0.3 is 0 Å². The zero-order valence-electron chi connectivity index (χ0n) is 17.5. The lowest BCUT2D eigenvalue weighted by Gasteiger charge is -2.25. The fraction of sp³-hybridized carbons (Fsp3) is 0.0800. The predicted molar refractivity (Wildman–Crippen MR) is 121 cm³/mol. The van der Waals surface area contributed by atoms with Crippen molar-refractivity contribution < 1.29 is 24.4 Å². The number of aliphatic hydroxyl groups excluding tert-OH is 1. The second-order valence-electron chi connectivity index (χ2n) is 7.49. The minimum Gasteiger partial charge on any atom is -0.507 e. The van der Waals surface area contributed by atoms with Crippen LogP contribution < -0.4 is 4.90 Å². The van der Waals surface area contributed by atoms with Gasteiger partial charge in [0.25, 0.3) is 17.4 Å². The minimum absolute atomic E-state index is 0.129. The Morgan fingerprint density at radius 3 is 2.06 bits per heavy atom. The third-order valence-corrected chi connectivity index (χ3v) is 5.46. The van der Waals surface area contributed by atoms with E-state index in [2.05, 4.69) is 0 Å². The molecule has 8 nitrogen and oxygen atoms in total. The van der Waals surface area contributed by atoms with Crippen LogP contribution in [0.3, 0.4) is 0 Å². The van der Waals surface area contributed by atoms with Gasteiger partial charge in [0.2, 0.25) is 0 Å². The molecular weight excluding hydrogens is 424 g/mol. The molecule has 0 saturated carbocycles. The van der Waals surface area contributed by atoms with Crippen LogP contribution in [0.4, 0.5) is 11.4 Å². The van der Waals surface area contributed by atoms with E-state index in [1.54, 1.807) is 54.6 Å². The molecule has 1 N–H and O–H groups in total. The molecule has 0 radical (unpaired) electrons. The number of benzene rings is 3. The van der Waals surface area contributed by atoms with Crippen LogP contribution in [0.5, 0.6) is 0 Å². The molecule has 0 aliphatic carbocycles. The molecule has 1 saturated heterocycles. The number of nitro benzene ring substituents is 1. The Balaban J connectivity index is 1.91. The molecule has 1 heterocycles. The van der Waals surface area contributed by atoms with Crippen molar-refractivity contribution in [2.45, 2.75) is 13.0 Å². The first-order chi connectivity index (χ1) is 15.8. The van der Waals surface area contributed by atoms with E-state index in [9.17, 15) is 29.6 Å². The molecule has 1 aliphatic heterocycles. The molecule has 33 heavy (non-hydrogen) atoms. The van der Waals surface area contributed by atoms with Gasteiger partial charge in [-0.1, -0.05) is 30.3 Å². The van der Waals surface area contributed by atoms with E-state index in [1.807, 2.05) is 0 Å². The van der Waals surface area contributed by atoms with Crippen LogP contribution in [0.25, 0.3) is 5.76 Å². The third kappa shape index (κ3) is 3.89. The van der Waals surface area contributed by atoms with Crippen molar-refractivity contribution in [2.75, 3.05) is 4.90 Å². The predicted octanol–water partition coefficient (Wildman–Crippen LogP) is 4.42. The zero-order valence-corrected chi connectivity index (χ0v) is 17.5. The summed E-state index contributed by atoms with van der Waals surface area (Å²) < 4.78 is 0. The zero-order chi connectivity index (χ0) is 23.7. The van der Waals surface area contributed by atoms with Gasteiger partial charge in [-0.25, -0.2) is 0 Å². The van der Waals surface area contributed by atoms with E-state index in [1.165, 1.54) is 36.1 Å². The Hall–Kier alpha value is -4.59. The molecule has 0 spiro atoms. The first-order valence-electron chi connectivity index (χ1n) is 10.0. The molecule has 4 rings (SSSR count). The summed E-state index contributed by atoms with van der Waals surface area (Å²) in [5.41, 5.74) is 1.27. The maximum Gasteiger partial charge on any atom is 0.300 e. The van der Waals surface area contributed by atoms with Gasteiger partial charge in [-0.15, -0.1) is 0 Å². The molecule has 0 aromatic heterocycles. The number of nitrogens with zero attached hydrogens (tertiary/aromatic N) is 2. The molecule has 8 heteroatoms. The smallest absolute Gasteiger partial charge is 0.300 e. The standard InChI is InChI=1S/C25H18N2O6/c1-15(28)16-7-11-19(12-8-16)26-22(17-9-13-20(14-10-17)27(32)33)21(24(30)25(26)31)23(29)18-5-3-2-4-6-18/h2-14,22,29H,1H3/t22-/m0/s1. The summed E-state index contributed by atoms with van der Waals surface area (Å²) in [6.07, 6.45) is 0. The number of carbonyl (C=O) groups excluding carboxylic acids is 3. The van der Waals surface area contributed by atoms with Crippen molar-refractivity contribution in [3.63, 3.8) is 0 Å². The number of anilines is 1. The Labute approximate surface area is 188 Å². The normalized spacial score (nSPS) is 17.2. The topological polar surface area (TPSA) is 118 Å². The number of hydrogen-bond acceptors (Lipinski definition) is 6. The number of nitro groups is 1. The number of ketones is 2. The van der Waals surface area contributed by atoms with E-state index >= 15 is 0 Å². The molecule has 3 aromatic rings. The van der Waals surface area contributed by atoms with Crippen molar-refractivity contribution in [1.29, 1.82) is 0 Å². The summed E-state index contributed by atoms with van der Waals surface area (Å²) in [4.78, 5) is 49.5. The number of hydrogen-bond donors (Lipinski definition) is 1. The highest BCUT2D eigenvalue weighted by molar-refractivity contribution is 6.51. The minimum atomic E-state index is -1.02. The summed E-state index contributed by atoms with van der Waals surface area (Å²) in [7, 11) is 0. The van der Waals surface area contributed by atoms with Crippen molar-refractivity contribution in [1.82, 2.24) is 0 Å². The van der Waals surface area contributed by atoms with Gasteiger partial charge in [-0.05, 0) is 48.9 Å². The van der Waals surface area contributed by atoms with Gasteiger partial charge in [0.15, 0.2) is 5.78 Å². The highest BCUT2D eigenvalue weighted by Gasteiger charge is 2.47. The van der Waals surface area contributed by atoms with Crippen LogP contribution in [0.2, 0.25) is 0 Å². The van der Waals surface area contributed by atoms with Crippen LogP contribution >= 0.6 is 0 Å². The van der Waals surface area contributed by atoms with Crippen LogP contribution in [0.1, 0.15) is 34.5 Å². The second-order valence-corrected chi connectivity index (χ2v) is 7.49. The Bertz CT molecular complexity index is 1290. The van der Waals surface area contributed by atoms with E-state index < -0.39 is 22.7 Å². The lowest BCUT2D eigenvalue weighted by atomic mass is 9.95. The van der Waals surface area contributed by atoms with Crippen molar-refractivity contribution in [2.24, 2.45) is 0 Å². The average molecular weight is 442 g/mol. The van der Waals surface area contributed by atoms with Gasteiger partial charge < -0.3 is 5.11 Å². The van der Waals surface area contributed by atoms with E-state index in [0.717, 1.165) is 0 Å². The largest absolute Gasteiger partial charge is 0.507 e. The second kappa shape index (κ2) is 8.51. The highest BCUT2D eigenvalue weighted by atomic mass is 16.6. The Kier molecular flexibility index (Phi) is 5.58. The Morgan fingerprint density at radius 1 is 0.909 bits per heavy atom. The molecule has 1 amide bonds. The molecule has 1 aliphatic rings. The lowest BCUT2D eigenvalue weighted by Crippen LogP contribution is -2.29. The SMILES string of the molecule is CC(=O)c1ccc(N2C(=O)C(=O)C(=C(O)c3ccccc3)[C@@H]2c2ccc([N+](=O)[O-])cc2)cc1. The molecule has 1 fully saturated rings. The molecule has 164 valence electrons. The van der Waals surface area contributed by atoms with Gasteiger partial charge in [0, 0.05) is 28.9 Å². The lowest BCUT2D eigenvalue weighted by molar-refractivity contribution is -0.384. The molecule has 0 unspecified atom stereocenters. The van der Waals surface area contributed by atoms with E-state index in [4.69, 9.17) is 0 Å². The van der Waals surface area contributed by atoms with Gasteiger partial charge in [-0.2, -0.15) is 0 Å². The highest BCUT2D eigenvalue weighted by Crippen LogP contribution is 2.42. The number of Topliss-reactive ketones (excluding diaryl/α,β-unsaturated/α-hetero) is 2. The molecule has 3 aromatic carbocycles. The number of carbonyl (C=O) groups is 3. The quantitative estimate of drug-likeness (QED) is 0.156. The van der Waals surface area contributed by atoms with Crippen molar-refractivity contribution in [3.8, 4) is 0 Å². The number of amides is 1. The summed E-state index contributed by atoms with van der Waals surface area (Å²) in [6.45, 7) is 1.41. The maximum absolute atomic E-state index is 13.1. The van der Waals surface area contributed by atoms with Gasteiger partial charge in [0.1, 0.15) is 5.76 Å². The first kappa shape index (κ1) is 21.6. The Morgan fingerprint density at radius 2 is 1.52 bits per heavy atom. The number of aliphatic hydroxyl groups is 1. The summed E-state index contributed by atoms with van der Waals surface area (Å²) in [5, 5.41) is 22.1. The monoisotopic (exact) mass is 442 g/mol. The van der Waals surface area contributed by atoms with Crippen LogP contribution in [-0.2, 0) is 9.59 Å². The van der Waals surface area contributed by atoms with Crippen molar-refractivity contribution in [3.05, 3.63) is 111 Å². The number of non-ortho nitro benzene ring substituents is 1. The van der Waals surface area contributed by atoms with Gasteiger partial charge in [0.05, 0.1) is 16.5 Å². The fourth-order valence-corrected chi connectivity index (χ4v) is 3.80. The third-order valence-electron chi connectivity index (χ3n) is 5.46. The molecule has 1 atom stereocenters. The summed E-state index contributed by atoms with van der Waals surface area (Å²) in [6, 6.07) is 18.9. The summed E-state index contributed by atoms with van der Waals surface area (Å²) in [5.74, 6) is -2.23. The van der Waals surface area contributed by atoms with Gasteiger partial charge in [-0.3, -0.25) is 29.4 Å².